The van der Waals surface area contributed by atoms with Crippen molar-refractivity contribution in [3.05, 3.63) is 29.3 Å². The number of ether oxygens (including phenoxy) is 1. The molecule has 1 saturated heterocycles. The summed E-state index contributed by atoms with van der Waals surface area (Å²) in [7, 11) is 0. The zero-order chi connectivity index (χ0) is 13.0. The lowest BCUT2D eigenvalue weighted by Gasteiger charge is -2.38. The van der Waals surface area contributed by atoms with E-state index in [0.717, 1.165) is 0 Å². The van der Waals surface area contributed by atoms with Gasteiger partial charge in [-0.1, -0.05) is 29.7 Å². The van der Waals surface area contributed by atoms with Gasteiger partial charge in [-0.2, -0.15) is 0 Å². The van der Waals surface area contributed by atoms with Crippen LogP contribution in [-0.2, 0) is 0 Å². The van der Waals surface area contributed by atoms with Crippen LogP contribution >= 0.6 is 11.6 Å². The lowest BCUT2D eigenvalue weighted by Crippen LogP contribution is -2.58. The highest BCUT2D eigenvalue weighted by Crippen LogP contribution is 2.26. The van der Waals surface area contributed by atoms with Crippen LogP contribution in [0.3, 0.4) is 0 Å². The van der Waals surface area contributed by atoms with Crippen LogP contribution in [0.1, 0.15) is 0 Å². The van der Waals surface area contributed by atoms with Gasteiger partial charge in [-0.25, -0.2) is 4.79 Å². The fraction of sp³-hybridized carbons (Fsp3) is 0.308. The minimum Gasteiger partial charge on any atom is -0.485 e. The van der Waals surface area contributed by atoms with Crippen molar-refractivity contribution in [3.63, 3.8) is 0 Å². The van der Waals surface area contributed by atoms with Crippen molar-refractivity contribution in [3.8, 4) is 18.1 Å². The molecule has 2 rings (SSSR count). The van der Waals surface area contributed by atoms with Gasteiger partial charge >= 0.3 is 6.03 Å². The summed E-state index contributed by atoms with van der Waals surface area (Å²) in [5, 5.41) is 3.18. The summed E-state index contributed by atoms with van der Waals surface area (Å²) in [5.74, 6) is 3.00. The van der Waals surface area contributed by atoms with Gasteiger partial charge < -0.3 is 15.0 Å². The van der Waals surface area contributed by atoms with E-state index in [4.69, 9.17) is 22.8 Å². The van der Waals surface area contributed by atoms with Crippen molar-refractivity contribution < 1.29 is 9.53 Å². The molecule has 1 heterocycles. The van der Waals surface area contributed by atoms with Crippen LogP contribution in [0, 0.1) is 12.3 Å². The summed E-state index contributed by atoms with van der Waals surface area (Å²) in [5.41, 5.74) is 0. The Morgan fingerprint density at radius 3 is 2.94 bits per heavy atom. The third-order valence-corrected chi connectivity index (χ3v) is 2.92. The first-order valence-corrected chi connectivity index (χ1v) is 5.96. The number of amides is 2. The van der Waals surface area contributed by atoms with E-state index in [9.17, 15) is 4.79 Å². The minimum atomic E-state index is -0.160. The highest BCUT2D eigenvalue weighted by molar-refractivity contribution is 6.32. The van der Waals surface area contributed by atoms with Gasteiger partial charge in [0.1, 0.15) is 11.9 Å². The van der Waals surface area contributed by atoms with E-state index in [2.05, 4.69) is 11.2 Å². The largest absolute Gasteiger partial charge is 0.485 e. The first-order chi connectivity index (χ1) is 8.70. The minimum absolute atomic E-state index is 0.0125. The van der Waals surface area contributed by atoms with Gasteiger partial charge in [0.2, 0.25) is 0 Å². The Morgan fingerprint density at radius 2 is 2.28 bits per heavy atom. The Labute approximate surface area is 111 Å². The number of benzene rings is 1. The van der Waals surface area contributed by atoms with Crippen LogP contribution in [0.2, 0.25) is 5.02 Å². The monoisotopic (exact) mass is 264 g/mol. The molecule has 0 spiro atoms. The zero-order valence-electron chi connectivity index (χ0n) is 9.73. The van der Waals surface area contributed by atoms with Crippen LogP contribution in [0.4, 0.5) is 4.79 Å². The van der Waals surface area contributed by atoms with E-state index in [0.29, 0.717) is 23.9 Å². The second-order valence-electron chi connectivity index (χ2n) is 3.94. The molecule has 1 aliphatic heterocycles. The van der Waals surface area contributed by atoms with E-state index < -0.39 is 0 Å². The average molecular weight is 265 g/mol. The van der Waals surface area contributed by atoms with Gasteiger partial charge in [-0.3, -0.25) is 0 Å². The van der Waals surface area contributed by atoms with Crippen molar-refractivity contribution >= 4 is 17.6 Å². The number of carbonyl (C=O) groups is 1. The first-order valence-electron chi connectivity index (χ1n) is 5.58. The Balaban J connectivity index is 1.78. The molecule has 0 atom stereocenters. The van der Waals surface area contributed by atoms with E-state index in [-0.39, 0.29) is 18.7 Å². The molecular weight excluding hydrogens is 252 g/mol. The molecule has 18 heavy (non-hydrogen) atoms. The number of nitrogens with zero attached hydrogens (tertiary/aromatic N) is 1. The Bertz CT molecular complexity index is 478. The van der Waals surface area contributed by atoms with Crippen LogP contribution in [0.5, 0.6) is 5.75 Å². The van der Waals surface area contributed by atoms with Gasteiger partial charge in [0.05, 0.1) is 24.7 Å². The van der Waals surface area contributed by atoms with E-state index in [1.54, 1.807) is 11.0 Å². The highest BCUT2D eigenvalue weighted by Gasteiger charge is 2.32. The summed E-state index contributed by atoms with van der Waals surface area (Å²) >= 11 is 5.98. The maximum atomic E-state index is 11.5. The number of hydrogen-bond donors (Lipinski definition) is 1. The van der Waals surface area contributed by atoms with E-state index in [1.165, 1.54) is 0 Å². The second kappa shape index (κ2) is 5.65. The van der Waals surface area contributed by atoms with Crippen LogP contribution in [0.15, 0.2) is 24.3 Å². The number of hydrogen-bond acceptors (Lipinski definition) is 2. The predicted molar refractivity (Wildman–Crippen MR) is 69.7 cm³/mol. The number of rotatable bonds is 3. The molecule has 1 N–H and O–H groups in total. The van der Waals surface area contributed by atoms with Crippen molar-refractivity contribution in [1.29, 1.82) is 0 Å². The predicted octanol–water partition coefficient (Wildman–Crippen LogP) is 1.75. The standard InChI is InChI=1S/C13H13ClN2O2/c1-2-7-15-13(17)16-8-10(9-16)18-12-6-4-3-5-11(12)14/h1,3-6,10H,7-9H2,(H,15,17). The summed E-state index contributed by atoms with van der Waals surface area (Å²) in [6, 6.07) is 7.12. The number of urea groups is 1. The maximum Gasteiger partial charge on any atom is 0.318 e. The molecular formula is C13H13ClN2O2. The first kappa shape index (κ1) is 12.6. The van der Waals surface area contributed by atoms with Gasteiger partial charge in [0.15, 0.2) is 0 Å². The topological polar surface area (TPSA) is 41.6 Å². The second-order valence-corrected chi connectivity index (χ2v) is 4.35. The van der Waals surface area contributed by atoms with Gasteiger partial charge in [-0.15, -0.1) is 6.42 Å². The van der Waals surface area contributed by atoms with Gasteiger partial charge in [0.25, 0.3) is 0 Å². The normalized spacial score (nSPS) is 14.6. The molecule has 0 saturated carbocycles. The highest BCUT2D eigenvalue weighted by atomic mass is 35.5. The molecule has 1 aliphatic rings. The molecule has 0 bridgehead atoms. The van der Waals surface area contributed by atoms with Crippen molar-refractivity contribution in [2.45, 2.75) is 6.10 Å². The molecule has 0 aromatic heterocycles. The Hall–Kier alpha value is -1.86. The number of terminal acetylenes is 1. The number of likely N-dealkylation sites (tertiary alicyclic amines) is 1. The summed E-state index contributed by atoms with van der Waals surface area (Å²) in [6.07, 6.45) is 5.05. The molecule has 2 amide bonds. The van der Waals surface area contributed by atoms with Crippen LogP contribution in [-0.4, -0.2) is 36.7 Å². The fourth-order valence-electron chi connectivity index (χ4n) is 1.64. The molecule has 94 valence electrons. The summed E-state index contributed by atoms with van der Waals surface area (Å²) in [4.78, 5) is 13.1. The van der Waals surface area contributed by atoms with Crippen molar-refractivity contribution in [2.75, 3.05) is 19.6 Å². The number of carbonyl (C=O) groups excluding carboxylic acids is 1. The molecule has 0 radical (unpaired) electrons. The number of nitrogens with one attached hydrogen (secondary N) is 1. The van der Waals surface area contributed by atoms with E-state index >= 15 is 0 Å². The molecule has 1 fully saturated rings. The third kappa shape index (κ3) is 2.88. The number of para-hydroxylation sites is 1. The quantitative estimate of drug-likeness (QED) is 0.845. The van der Waals surface area contributed by atoms with Crippen LogP contribution in [0.25, 0.3) is 0 Å². The Morgan fingerprint density at radius 1 is 1.56 bits per heavy atom. The summed E-state index contributed by atoms with van der Waals surface area (Å²) < 4.78 is 5.67. The molecule has 4 nitrogen and oxygen atoms in total. The lowest BCUT2D eigenvalue weighted by atomic mass is 10.2. The van der Waals surface area contributed by atoms with E-state index in [1.807, 2.05) is 18.2 Å². The smallest absolute Gasteiger partial charge is 0.318 e. The molecule has 1 aromatic rings. The summed E-state index contributed by atoms with van der Waals surface area (Å²) in [6.45, 7) is 1.33. The van der Waals surface area contributed by atoms with Crippen LogP contribution < -0.4 is 10.1 Å². The molecule has 0 aliphatic carbocycles. The maximum absolute atomic E-state index is 11.5. The molecule has 5 heteroatoms. The zero-order valence-corrected chi connectivity index (χ0v) is 10.5. The third-order valence-electron chi connectivity index (χ3n) is 2.61. The van der Waals surface area contributed by atoms with Crippen molar-refractivity contribution in [1.82, 2.24) is 10.2 Å². The average Bonchev–Trinajstić information content (AvgIpc) is 2.32. The number of halogens is 1. The Kier molecular flexibility index (Phi) is 3.96. The van der Waals surface area contributed by atoms with Gasteiger partial charge in [0, 0.05) is 0 Å². The fourth-order valence-corrected chi connectivity index (χ4v) is 1.82. The SMILES string of the molecule is C#CCNC(=O)N1CC(Oc2ccccc2Cl)C1. The lowest BCUT2D eigenvalue weighted by molar-refractivity contribution is 0.0449. The van der Waals surface area contributed by atoms with Gasteiger partial charge in [-0.05, 0) is 12.1 Å². The molecule has 1 aromatic carbocycles. The van der Waals surface area contributed by atoms with Crippen molar-refractivity contribution in [2.24, 2.45) is 0 Å². The molecule has 0 unspecified atom stereocenters.